The molecule has 1 aromatic rings. The van der Waals surface area contributed by atoms with E-state index in [1.54, 1.807) is 20.3 Å². The van der Waals surface area contributed by atoms with Crippen molar-refractivity contribution in [3.8, 4) is 23.0 Å². The van der Waals surface area contributed by atoms with Crippen molar-refractivity contribution >= 4 is 0 Å². The Hall–Kier alpha value is -1.62. The van der Waals surface area contributed by atoms with Crippen LogP contribution in [0.1, 0.15) is 5.56 Å². The minimum Gasteiger partial charge on any atom is -0.493 e. The van der Waals surface area contributed by atoms with Crippen LogP contribution in [0.15, 0.2) is 6.07 Å². The zero-order valence-electron chi connectivity index (χ0n) is 9.28. The second kappa shape index (κ2) is 4.49. The Balaban J connectivity index is 2.53. The molecule has 0 saturated heterocycles. The Bertz CT molecular complexity index is 388. The number of ether oxygens (including phenoxy) is 4. The predicted octanol–water partition coefficient (Wildman–Crippen LogP) is 0.967. The first-order valence-electron chi connectivity index (χ1n) is 4.96. The zero-order chi connectivity index (χ0) is 11.5. The molecule has 0 atom stereocenters. The van der Waals surface area contributed by atoms with Gasteiger partial charge in [-0.05, 0) is 12.5 Å². The van der Waals surface area contributed by atoms with Crippen molar-refractivity contribution in [1.82, 2.24) is 0 Å². The molecule has 1 heterocycles. The van der Waals surface area contributed by atoms with E-state index < -0.39 is 0 Å². The van der Waals surface area contributed by atoms with Crippen LogP contribution in [0.4, 0.5) is 0 Å². The molecule has 1 N–H and O–H groups in total. The normalized spacial score (nSPS) is 12.7. The summed E-state index contributed by atoms with van der Waals surface area (Å²) in [5, 5.41) is 8.98. The van der Waals surface area contributed by atoms with Gasteiger partial charge in [-0.15, -0.1) is 0 Å². The van der Waals surface area contributed by atoms with Gasteiger partial charge < -0.3 is 24.1 Å². The number of rotatable bonds is 4. The molecule has 0 amide bonds. The highest BCUT2D eigenvalue weighted by Crippen LogP contribution is 2.49. The quantitative estimate of drug-likeness (QED) is 0.829. The van der Waals surface area contributed by atoms with Crippen LogP contribution in [0.5, 0.6) is 23.0 Å². The third kappa shape index (κ3) is 1.63. The predicted molar refractivity (Wildman–Crippen MR) is 56.5 cm³/mol. The van der Waals surface area contributed by atoms with Crippen molar-refractivity contribution in [3.05, 3.63) is 11.6 Å². The first-order chi connectivity index (χ1) is 7.81. The average molecular weight is 226 g/mol. The molecule has 0 radical (unpaired) electrons. The topological polar surface area (TPSA) is 57.2 Å². The van der Waals surface area contributed by atoms with Crippen LogP contribution >= 0.6 is 0 Å². The summed E-state index contributed by atoms with van der Waals surface area (Å²) < 4.78 is 21.1. The van der Waals surface area contributed by atoms with Gasteiger partial charge in [0.15, 0.2) is 11.5 Å². The molecule has 0 aliphatic carbocycles. The lowest BCUT2D eigenvalue weighted by molar-refractivity contribution is 0.168. The third-order valence-electron chi connectivity index (χ3n) is 2.44. The van der Waals surface area contributed by atoms with E-state index in [4.69, 9.17) is 24.1 Å². The van der Waals surface area contributed by atoms with Gasteiger partial charge in [-0.2, -0.15) is 0 Å². The van der Waals surface area contributed by atoms with Crippen LogP contribution in [0.3, 0.4) is 0 Å². The van der Waals surface area contributed by atoms with Gasteiger partial charge in [0, 0.05) is 12.2 Å². The number of hydrogen-bond donors (Lipinski definition) is 1. The van der Waals surface area contributed by atoms with Gasteiger partial charge in [-0.25, -0.2) is 0 Å². The van der Waals surface area contributed by atoms with Crippen LogP contribution in [0.25, 0.3) is 0 Å². The van der Waals surface area contributed by atoms with Gasteiger partial charge >= 0.3 is 0 Å². The summed E-state index contributed by atoms with van der Waals surface area (Å²) in [5.74, 6) is 2.30. The van der Waals surface area contributed by atoms with E-state index >= 15 is 0 Å². The molecule has 5 nitrogen and oxygen atoms in total. The molecule has 1 aliphatic heterocycles. The molecule has 88 valence electrons. The van der Waals surface area contributed by atoms with Crippen LogP contribution in [0, 0.1) is 0 Å². The molecule has 0 bridgehead atoms. The fourth-order valence-corrected chi connectivity index (χ4v) is 1.75. The summed E-state index contributed by atoms with van der Waals surface area (Å²) >= 11 is 0. The van der Waals surface area contributed by atoms with Crippen molar-refractivity contribution in [1.29, 1.82) is 0 Å². The lowest BCUT2D eigenvalue weighted by atomic mass is 10.1. The summed E-state index contributed by atoms with van der Waals surface area (Å²) in [6.07, 6.45) is 0.482. The van der Waals surface area contributed by atoms with E-state index in [1.807, 2.05) is 0 Å². The van der Waals surface area contributed by atoms with Crippen LogP contribution in [-0.4, -0.2) is 32.7 Å². The minimum atomic E-state index is 0.0408. The van der Waals surface area contributed by atoms with E-state index in [-0.39, 0.29) is 13.4 Å². The van der Waals surface area contributed by atoms with Gasteiger partial charge in [-0.1, -0.05) is 0 Å². The van der Waals surface area contributed by atoms with E-state index in [9.17, 15) is 0 Å². The SMILES string of the molecule is COc1cc(CCO)c(OC)c2c1OCO2. The molecule has 0 aromatic heterocycles. The second-order valence-electron chi connectivity index (χ2n) is 3.31. The first kappa shape index (κ1) is 10.9. The smallest absolute Gasteiger partial charge is 0.231 e. The highest BCUT2D eigenvalue weighted by atomic mass is 16.7. The number of fused-ring (bicyclic) bond motifs is 1. The van der Waals surface area contributed by atoms with Crippen LogP contribution in [0.2, 0.25) is 0 Å². The number of methoxy groups -OCH3 is 2. The van der Waals surface area contributed by atoms with E-state index in [1.165, 1.54) is 0 Å². The fraction of sp³-hybridized carbons (Fsp3) is 0.455. The maximum absolute atomic E-state index is 8.98. The number of benzene rings is 1. The molecule has 0 spiro atoms. The summed E-state index contributed by atoms with van der Waals surface area (Å²) in [6.45, 7) is 0.198. The molecule has 0 saturated carbocycles. The number of aliphatic hydroxyl groups is 1. The van der Waals surface area contributed by atoms with Crippen LogP contribution in [-0.2, 0) is 6.42 Å². The Labute approximate surface area is 93.5 Å². The molecule has 0 fully saturated rings. The zero-order valence-corrected chi connectivity index (χ0v) is 9.28. The van der Waals surface area contributed by atoms with Crippen molar-refractivity contribution in [2.75, 3.05) is 27.6 Å². The maximum Gasteiger partial charge on any atom is 0.231 e. The lowest BCUT2D eigenvalue weighted by Crippen LogP contribution is -1.98. The largest absolute Gasteiger partial charge is 0.493 e. The summed E-state index contributed by atoms with van der Waals surface area (Å²) in [4.78, 5) is 0. The van der Waals surface area contributed by atoms with E-state index in [0.717, 1.165) is 5.56 Å². The molecule has 16 heavy (non-hydrogen) atoms. The Morgan fingerprint density at radius 2 is 2.00 bits per heavy atom. The number of aliphatic hydroxyl groups excluding tert-OH is 1. The highest BCUT2D eigenvalue weighted by Gasteiger charge is 2.26. The summed E-state index contributed by atoms with van der Waals surface area (Å²) in [6, 6.07) is 1.79. The van der Waals surface area contributed by atoms with Gasteiger partial charge in [0.2, 0.25) is 18.3 Å². The molecular weight excluding hydrogens is 212 g/mol. The van der Waals surface area contributed by atoms with Gasteiger partial charge in [0.1, 0.15) is 0 Å². The van der Waals surface area contributed by atoms with Crippen molar-refractivity contribution in [2.24, 2.45) is 0 Å². The molecular formula is C11H14O5. The average Bonchev–Trinajstić information content (AvgIpc) is 2.77. The van der Waals surface area contributed by atoms with Gasteiger partial charge in [0.05, 0.1) is 14.2 Å². The standard InChI is InChI=1S/C11H14O5/c1-13-8-5-7(3-4-12)9(14-2)11-10(8)15-6-16-11/h5,12H,3-4,6H2,1-2H3. The summed E-state index contributed by atoms with van der Waals surface area (Å²) in [5.41, 5.74) is 0.839. The number of hydrogen-bond acceptors (Lipinski definition) is 5. The molecule has 2 rings (SSSR count). The van der Waals surface area contributed by atoms with Gasteiger partial charge in [-0.3, -0.25) is 0 Å². The molecule has 5 heteroatoms. The Morgan fingerprint density at radius 3 is 2.62 bits per heavy atom. The molecule has 1 aliphatic rings. The van der Waals surface area contributed by atoms with Crippen molar-refractivity contribution in [3.63, 3.8) is 0 Å². The molecule has 1 aromatic carbocycles. The minimum absolute atomic E-state index is 0.0408. The third-order valence-corrected chi connectivity index (χ3v) is 2.44. The maximum atomic E-state index is 8.98. The van der Waals surface area contributed by atoms with Crippen LogP contribution < -0.4 is 18.9 Å². The first-order valence-corrected chi connectivity index (χ1v) is 4.96. The highest BCUT2D eigenvalue weighted by molar-refractivity contribution is 5.63. The van der Waals surface area contributed by atoms with E-state index in [0.29, 0.717) is 29.4 Å². The van der Waals surface area contributed by atoms with Crippen molar-refractivity contribution < 1.29 is 24.1 Å². The Morgan fingerprint density at radius 1 is 1.25 bits per heavy atom. The molecule has 0 unspecified atom stereocenters. The monoisotopic (exact) mass is 226 g/mol. The second-order valence-corrected chi connectivity index (χ2v) is 3.31. The lowest BCUT2D eigenvalue weighted by Gasteiger charge is -2.12. The summed E-state index contributed by atoms with van der Waals surface area (Å²) in [7, 11) is 3.12. The fourth-order valence-electron chi connectivity index (χ4n) is 1.75. The Kier molecular flexibility index (Phi) is 3.05. The van der Waals surface area contributed by atoms with Crippen molar-refractivity contribution in [2.45, 2.75) is 6.42 Å². The van der Waals surface area contributed by atoms with E-state index in [2.05, 4.69) is 0 Å². The van der Waals surface area contributed by atoms with Gasteiger partial charge in [0.25, 0.3) is 0 Å².